The summed E-state index contributed by atoms with van der Waals surface area (Å²) in [6.45, 7) is 4.06. The fourth-order valence-electron chi connectivity index (χ4n) is 2.04. The van der Waals surface area contributed by atoms with Crippen molar-refractivity contribution in [3.05, 3.63) is 29.3 Å². The Kier molecular flexibility index (Phi) is 3.66. The van der Waals surface area contributed by atoms with Crippen molar-refractivity contribution in [3.63, 3.8) is 0 Å². The van der Waals surface area contributed by atoms with E-state index in [-0.39, 0.29) is 11.8 Å². The van der Waals surface area contributed by atoms with Gasteiger partial charge in [-0.15, -0.1) is 11.3 Å². The second-order valence-electron chi connectivity index (χ2n) is 4.99. The summed E-state index contributed by atoms with van der Waals surface area (Å²) < 4.78 is 1.17. The quantitative estimate of drug-likeness (QED) is 0.894. The molecule has 0 saturated carbocycles. The van der Waals surface area contributed by atoms with Crippen molar-refractivity contribution in [2.24, 2.45) is 5.41 Å². The van der Waals surface area contributed by atoms with E-state index in [2.05, 4.69) is 11.1 Å². The Morgan fingerprint density at radius 3 is 2.78 bits per heavy atom. The zero-order valence-corrected chi connectivity index (χ0v) is 11.5. The Morgan fingerprint density at radius 2 is 2.17 bits per heavy atom. The number of thiazole rings is 1. The molecule has 1 heterocycles. The van der Waals surface area contributed by atoms with E-state index in [1.807, 2.05) is 32.0 Å². The monoisotopic (exact) mass is 263 g/mol. The van der Waals surface area contributed by atoms with E-state index < -0.39 is 5.97 Å². The standard InChI is InChI=1S/C14H17NO2S/c1-3-14(2,9-13(16)17)8-12-15-10-6-4-5-7-11(10)18-12/h4-7H,3,8-9H2,1-2H3,(H,16,17)/t14-/m1/s1. The Labute approximate surface area is 110 Å². The van der Waals surface area contributed by atoms with Crippen LogP contribution >= 0.6 is 11.3 Å². The molecule has 0 bridgehead atoms. The first-order chi connectivity index (χ1) is 8.52. The van der Waals surface area contributed by atoms with E-state index >= 15 is 0 Å². The highest BCUT2D eigenvalue weighted by Gasteiger charge is 2.27. The van der Waals surface area contributed by atoms with Crippen LogP contribution in [-0.4, -0.2) is 16.1 Å². The van der Waals surface area contributed by atoms with E-state index in [0.717, 1.165) is 23.4 Å². The second kappa shape index (κ2) is 5.06. The summed E-state index contributed by atoms with van der Waals surface area (Å²) in [6, 6.07) is 8.02. The van der Waals surface area contributed by atoms with Crippen LogP contribution in [0.3, 0.4) is 0 Å². The normalized spacial score (nSPS) is 14.6. The molecule has 4 heteroatoms. The zero-order chi connectivity index (χ0) is 13.2. The predicted molar refractivity (Wildman–Crippen MR) is 74.0 cm³/mol. The summed E-state index contributed by atoms with van der Waals surface area (Å²) in [5.41, 5.74) is 0.797. The molecule has 1 atom stereocenters. The van der Waals surface area contributed by atoms with Gasteiger partial charge in [-0.1, -0.05) is 26.0 Å². The largest absolute Gasteiger partial charge is 0.481 e. The molecule has 0 aliphatic carbocycles. The van der Waals surface area contributed by atoms with Crippen molar-refractivity contribution in [1.82, 2.24) is 4.98 Å². The number of fused-ring (bicyclic) bond motifs is 1. The molecule has 3 nitrogen and oxygen atoms in total. The Balaban J connectivity index is 2.23. The van der Waals surface area contributed by atoms with Gasteiger partial charge in [0.1, 0.15) is 0 Å². The average molecular weight is 263 g/mol. The topological polar surface area (TPSA) is 50.2 Å². The molecule has 0 radical (unpaired) electrons. The summed E-state index contributed by atoms with van der Waals surface area (Å²) in [5, 5.41) is 10.0. The number of carboxylic acid groups (broad SMARTS) is 1. The van der Waals surface area contributed by atoms with Crippen LogP contribution in [0.15, 0.2) is 24.3 Å². The SMILES string of the molecule is CC[C@@](C)(CC(=O)O)Cc1nc2ccccc2s1. The highest BCUT2D eigenvalue weighted by molar-refractivity contribution is 7.18. The minimum absolute atomic E-state index is 0.194. The molecule has 0 aliphatic rings. The number of hydrogen-bond donors (Lipinski definition) is 1. The molecule has 2 rings (SSSR count). The van der Waals surface area contributed by atoms with Gasteiger partial charge >= 0.3 is 5.97 Å². The summed E-state index contributed by atoms with van der Waals surface area (Å²) >= 11 is 1.66. The molecule has 96 valence electrons. The summed E-state index contributed by atoms with van der Waals surface area (Å²) in [7, 11) is 0. The molecular formula is C14H17NO2S. The number of aliphatic carboxylic acids is 1. The third kappa shape index (κ3) is 2.88. The fourth-order valence-corrected chi connectivity index (χ4v) is 3.22. The van der Waals surface area contributed by atoms with Gasteiger partial charge in [-0.05, 0) is 24.0 Å². The Hall–Kier alpha value is -1.42. The van der Waals surface area contributed by atoms with E-state index in [1.165, 1.54) is 4.70 Å². The van der Waals surface area contributed by atoms with Crippen LogP contribution in [0.5, 0.6) is 0 Å². The van der Waals surface area contributed by atoms with Crippen LogP contribution < -0.4 is 0 Å². The smallest absolute Gasteiger partial charge is 0.303 e. The lowest BCUT2D eigenvalue weighted by atomic mass is 9.81. The molecular weight excluding hydrogens is 246 g/mol. The van der Waals surface area contributed by atoms with Crippen molar-refractivity contribution in [2.75, 3.05) is 0 Å². The summed E-state index contributed by atoms with van der Waals surface area (Å²) in [4.78, 5) is 15.5. The maximum Gasteiger partial charge on any atom is 0.303 e. The molecule has 2 aromatic rings. The van der Waals surface area contributed by atoms with Gasteiger partial charge in [-0.25, -0.2) is 4.98 Å². The van der Waals surface area contributed by atoms with Gasteiger partial charge in [0, 0.05) is 6.42 Å². The van der Waals surface area contributed by atoms with Crippen molar-refractivity contribution >= 4 is 27.5 Å². The summed E-state index contributed by atoms with van der Waals surface area (Å²) in [6.07, 6.45) is 1.77. The Bertz CT molecular complexity index is 531. The minimum atomic E-state index is -0.736. The number of carbonyl (C=O) groups is 1. The van der Waals surface area contributed by atoms with Gasteiger partial charge < -0.3 is 5.11 Å². The van der Waals surface area contributed by atoms with Gasteiger partial charge in [-0.3, -0.25) is 4.79 Å². The molecule has 0 amide bonds. The molecule has 1 aromatic heterocycles. The minimum Gasteiger partial charge on any atom is -0.481 e. The van der Waals surface area contributed by atoms with E-state index in [4.69, 9.17) is 5.11 Å². The number of para-hydroxylation sites is 1. The lowest BCUT2D eigenvalue weighted by Crippen LogP contribution is -2.22. The fraction of sp³-hybridized carbons (Fsp3) is 0.429. The van der Waals surface area contributed by atoms with E-state index in [1.54, 1.807) is 11.3 Å². The predicted octanol–water partition coefficient (Wildman–Crippen LogP) is 3.73. The number of carboxylic acids is 1. The van der Waals surface area contributed by atoms with Crippen LogP contribution in [0.2, 0.25) is 0 Å². The van der Waals surface area contributed by atoms with Gasteiger partial charge in [-0.2, -0.15) is 0 Å². The molecule has 0 aliphatic heterocycles. The Morgan fingerprint density at radius 1 is 1.44 bits per heavy atom. The van der Waals surface area contributed by atoms with Crippen molar-refractivity contribution in [3.8, 4) is 0 Å². The molecule has 0 saturated heterocycles. The van der Waals surface area contributed by atoms with Gasteiger partial charge in [0.25, 0.3) is 0 Å². The van der Waals surface area contributed by atoms with E-state index in [0.29, 0.717) is 0 Å². The van der Waals surface area contributed by atoms with Crippen LogP contribution in [0, 0.1) is 5.41 Å². The maximum absolute atomic E-state index is 10.9. The second-order valence-corrected chi connectivity index (χ2v) is 6.10. The van der Waals surface area contributed by atoms with Gasteiger partial charge in [0.05, 0.1) is 21.6 Å². The number of benzene rings is 1. The zero-order valence-electron chi connectivity index (χ0n) is 10.6. The van der Waals surface area contributed by atoms with Crippen LogP contribution in [0.4, 0.5) is 0 Å². The highest BCUT2D eigenvalue weighted by Crippen LogP contribution is 2.33. The lowest BCUT2D eigenvalue weighted by molar-refractivity contribution is -0.139. The number of aromatic nitrogens is 1. The lowest BCUT2D eigenvalue weighted by Gasteiger charge is -2.24. The molecule has 0 fully saturated rings. The van der Waals surface area contributed by atoms with Gasteiger partial charge in [0.15, 0.2) is 0 Å². The molecule has 18 heavy (non-hydrogen) atoms. The molecule has 0 spiro atoms. The third-order valence-corrected chi connectivity index (χ3v) is 4.38. The van der Waals surface area contributed by atoms with Gasteiger partial charge in [0.2, 0.25) is 0 Å². The van der Waals surface area contributed by atoms with Crippen molar-refractivity contribution in [2.45, 2.75) is 33.1 Å². The van der Waals surface area contributed by atoms with Crippen LogP contribution in [0.1, 0.15) is 31.7 Å². The molecule has 1 N–H and O–H groups in total. The van der Waals surface area contributed by atoms with Crippen molar-refractivity contribution < 1.29 is 9.90 Å². The van der Waals surface area contributed by atoms with Crippen LogP contribution in [0.25, 0.3) is 10.2 Å². The molecule has 1 aromatic carbocycles. The first-order valence-electron chi connectivity index (χ1n) is 6.09. The first-order valence-corrected chi connectivity index (χ1v) is 6.90. The van der Waals surface area contributed by atoms with Crippen molar-refractivity contribution in [1.29, 1.82) is 0 Å². The number of nitrogens with zero attached hydrogens (tertiary/aromatic N) is 1. The highest BCUT2D eigenvalue weighted by atomic mass is 32.1. The van der Waals surface area contributed by atoms with Crippen LogP contribution in [-0.2, 0) is 11.2 Å². The first kappa shape index (κ1) is 13.0. The number of hydrogen-bond acceptors (Lipinski definition) is 3. The molecule has 0 unspecified atom stereocenters. The third-order valence-electron chi connectivity index (χ3n) is 3.35. The average Bonchev–Trinajstić information content (AvgIpc) is 2.69. The number of rotatable bonds is 5. The maximum atomic E-state index is 10.9. The summed E-state index contributed by atoms with van der Waals surface area (Å²) in [5.74, 6) is -0.736. The van der Waals surface area contributed by atoms with E-state index in [9.17, 15) is 4.79 Å².